The Labute approximate surface area is 147 Å². The molecule has 1 saturated heterocycles. The van der Waals surface area contributed by atoms with Crippen LogP contribution in [-0.4, -0.2) is 48.6 Å². The molecule has 0 aliphatic carbocycles. The van der Waals surface area contributed by atoms with Crippen molar-refractivity contribution in [1.29, 1.82) is 0 Å². The summed E-state index contributed by atoms with van der Waals surface area (Å²) in [5.74, 6) is 0.0326. The molecule has 0 atom stereocenters. The number of amides is 1. The number of hydrazine groups is 1. The van der Waals surface area contributed by atoms with E-state index in [2.05, 4.69) is 20.7 Å². The zero-order chi connectivity index (χ0) is 14.2. The van der Waals surface area contributed by atoms with E-state index in [1.807, 2.05) is 12.3 Å². The first kappa shape index (κ1) is 21.6. The van der Waals surface area contributed by atoms with Crippen molar-refractivity contribution in [2.75, 3.05) is 32.8 Å². The number of carbonyl (C=O) groups is 1. The highest BCUT2D eigenvalue weighted by Gasteiger charge is 2.10. The molecule has 0 radical (unpaired) electrons. The van der Waals surface area contributed by atoms with Crippen LogP contribution in [0, 0.1) is 6.92 Å². The van der Waals surface area contributed by atoms with Crippen LogP contribution in [0.15, 0.2) is 5.38 Å². The zero-order valence-corrected chi connectivity index (χ0v) is 15.1. The van der Waals surface area contributed by atoms with E-state index in [1.165, 1.54) is 0 Å². The summed E-state index contributed by atoms with van der Waals surface area (Å²) in [5.41, 5.74) is 6.58. The lowest BCUT2D eigenvalue weighted by Crippen LogP contribution is -2.39. The minimum atomic E-state index is 0. The molecule has 2 heterocycles. The van der Waals surface area contributed by atoms with Crippen LogP contribution in [0.5, 0.6) is 0 Å². The summed E-state index contributed by atoms with van der Waals surface area (Å²) in [6.45, 7) is 7.06. The SMILES string of the molecule is Cc1nc(CNNC(=O)CCCN2CCOCC2)cs1.Cl.Cl. The third-order valence-corrected chi connectivity index (χ3v) is 3.97. The molecule has 128 valence electrons. The lowest BCUT2D eigenvalue weighted by molar-refractivity contribution is -0.122. The second kappa shape index (κ2) is 12.0. The van der Waals surface area contributed by atoms with Crippen molar-refractivity contribution < 1.29 is 9.53 Å². The van der Waals surface area contributed by atoms with Gasteiger partial charge >= 0.3 is 0 Å². The fourth-order valence-corrected chi connectivity index (χ4v) is 2.69. The maximum Gasteiger partial charge on any atom is 0.234 e. The topological polar surface area (TPSA) is 66.5 Å². The molecule has 1 aromatic heterocycles. The molecule has 1 aliphatic heterocycles. The molecule has 1 amide bonds. The number of nitrogens with one attached hydrogen (secondary N) is 2. The van der Waals surface area contributed by atoms with E-state index in [0.717, 1.165) is 50.0 Å². The smallest absolute Gasteiger partial charge is 0.234 e. The van der Waals surface area contributed by atoms with Gasteiger partial charge in [-0.15, -0.1) is 36.2 Å². The van der Waals surface area contributed by atoms with Gasteiger partial charge in [0.2, 0.25) is 5.91 Å². The fraction of sp³-hybridized carbons (Fsp3) is 0.692. The molecule has 0 bridgehead atoms. The molecule has 6 nitrogen and oxygen atoms in total. The van der Waals surface area contributed by atoms with E-state index in [-0.39, 0.29) is 30.7 Å². The monoisotopic (exact) mass is 370 g/mol. The predicted octanol–water partition coefficient (Wildman–Crippen LogP) is 1.53. The summed E-state index contributed by atoms with van der Waals surface area (Å²) in [5, 5.41) is 3.03. The highest BCUT2D eigenvalue weighted by atomic mass is 35.5. The number of halogens is 2. The summed E-state index contributed by atoms with van der Waals surface area (Å²) in [6.07, 6.45) is 1.42. The minimum absolute atomic E-state index is 0. The number of thiazole rings is 1. The maximum atomic E-state index is 11.6. The molecular weight excluding hydrogens is 347 g/mol. The van der Waals surface area contributed by atoms with Crippen molar-refractivity contribution in [3.8, 4) is 0 Å². The summed E-state index contributed by atoms with van der Waals surface area (Å²) in [6, 6.07) is 0. The maximum absolute atomic E-state index is 11.6. The van der Waals surface area contributed by atoms with E-state index in [0.29, 0.717) is 13.0 Å². The van der Waals surface area contributed by atoms with Gasteiger partial charge in [-0.25, -0.2) is 10.4 Å². The van der Waals surface area contributed by atoms with Gasteiger partial charge in [0.1, 0.15) is 0 Å². The molecule has 0 saturated carbocycles. The van der Waals surface area contributed by atoms with Gasteiger partial charge in [0.05, 0.1) is 30.5 Å². The largest absolute Gasteiger partial charge is 0.379 e. The Balaban J connectivity index is 0.00000220. The number of hydrogen-bond acceptors (Lipinski definition) is 6. The zero-order valence-electron chi connectivity index (χ0n) is 12.7. The number of carbonyl (C=O) groups excluding carboxylic acids is 1. The standard InChI is InChI=1S/C13H22N4O2S.2ClH/c1-11-15-12(10-20-11)9-14-16-13(18)3-2-4-17-5-7-19-8-6-17;;/h10,14H,2-9H2,1H3,(H,16,18);2*1H. The third kappa shape index (κ3) is 8.26. The molecule has 2 N–H and O–H groups in total. The Kier molecular flexibility index (Phi) is 11.8. The molecule has 22 heavy (non-hydrogen) atoms. The van der Waals surface area contributed by atoms with E-state index in [4.69, 9.17) is 4.74 Å². The van der Waals surface area contributed by atoms with E-state index in [1.54, 1.807) is 11.3 Å². The van der Waals surface area contributed by atoms with Gasteiger partial charge in [-0.05, 0) is 19.9 Å². The normalized spacial score (nSPS) is 14.8. The number of rotatable bonds is 7. The van der Waals surface area contributed by atoms with Gasteiger partial charge in [-0.2, -0.15) is 0 Å². The number of ether oxygens (including phenoxy) is 1. The Morgan fingerprint density at radius 1 is 1.41 bits per heavy atom. The Bertz CT molecular complexity index is 428. The summed E-state index contributed by atoms with van der Waals surface area (Å²) >= 11 is 1.61. The van der Waals surface area contributed by atoms with Crippen molar-refractivity contribution in [1.82, 2.24) is 20.7 Å². The number of aryl methyl sites for hydroxylation is 1. The molecule has 2 rings (SSSR count). The quantitative estimate of drug-likeness (QED) is 0.712. The third-order valence-electron chi connectivity index (χ3n) is 3.15. The number of hydrogen-bond donors (Lipinski definition) is 2. The first-order chi connectivity index (χ1) is 9.74. The van der Waals surface area contributed by atoms with Crippen LogP contribution in [0.2, 0.25) is 0 Å². The average Bonchev–Trinajstić information content (AvgIpc) is 2.86. The van der Waals surface area contributed by atoms with Crippen molar-refractivity contribution in [3.63, 3.8) is 0 Å². The van der Waals surface area contributed by atoms with Crippen LogP contribution < -0.4 is 10.9 Å². The summed E-state index contributed by atoms with van der Waals surface area (Å²) < 4.78 is 5.29. The van der Waals surface area contributed by atoms with Crippen LogP contribution in [0.1, 0.15) is 23.5 Å². The first-order valence-electron chi connectivity index (χ1n) is 6.97. The molecule has 1 aromatic rings. The van der Waals surface area contributed by atoms with Gasteiger partial charge in [0, 0.05) is 24.9 Å². The molecule has 0 spiro atoms. The van der Waals surface area contributed by atoms with Crippen LogP contribution in [-0.2, 0) is 16.1 Å². The Morgan fingerprint density at radius 2 is 2.14 bits per heavy atom. The minimum Gasteiger partial charge on any atom is -0.379 e. The van der Waals surface area contributed by atoms with Gasteiger partial charge in [-0.3, -0.25) is 15.1 Å². The van der Waals surface area contributed by atoms with Gasteiger partial charge in [0.25, 0.3) is 0 Å². The van der Waals surface area contributed by atoms with Crippen molar-refractivity contribution in [2.45, 2.75) is 26.3 Å². The van der Waals surface area contributed by atoms with E-state index < -0.39 is 0 Å². The average molecular weight is 371 g/mol. The summed E-state index contributed by atoms with van der Waals surface area (Å²) in [7, 11) is 0. The number of morpholine rings is 1. The second-order valence-corrected chi connectivity index (χ2v) is 5.88. The lowest BCUT2D eigenvalue weighted by Gasteiger charge is -2.26. The van der Waals surface area contributed by atoms with Crippen LogP contribution in [0.4, 0.5) is 0 Å². The summed E-state index contributed by atoms with van der Waals surface area (Å²) in [4.78, 5) is 18.3. The molecule has 0 unspecified atom stereocenters. The second-order valence-electron chi connectivity index (χ2n) is 4.82. The van der Waals surface area contributed by atoms with E-state index >= 15 is 0 Å². The van der Waals surface area contributed by atoms with E-state index in [9.17, 15) is 4.79 Å². The lowest BCUT2D eigenvalue weighted by atomic mass is 10.2. The van der Waals surface area contributed by atoms with Gasteiger partial charge in [-0.1, -0.05) is 0 Å². The predicted molar refractivity (Wildman–Crippen MR) is 92.8 cm³/mol. The number of aromatic nitrogens is 1. The highest BCUT2D eigenvalue weighted by Crippen LogP contribution is 2.06. The van der Waals surface area contributed by atoms with Crippen LogP contribution >= 0.6 is 36.2 Å². The fourth-order valence-electron chi connectivity index (χ4n) is 2.07. The number of nitrogens with zero attached hydrogens (tertiary/aromatic N) is 2. The molecule has 9 heteroatoms. The Hall–Kier alpha value is -0.440. The first-order valence-corrected chi connectivity index (χ1v) is 7.85. The van der Waals surface area contributed by atoms with Crippen molar-refractivity contribution in [2.24, 2.45) is 0 Å². The van der Waals surface area contributed by atoms with Crippen molar-refractivity contribution in [3.05, 3.63) is 16.1 Å². The highest BCUT2D eigenvalue weighted by molar-refractivity contribution is 7.09. The van der Waals surface area contributed by atoms with Crippen LogP contribution in [0.25, 0.3) is 0 Å². The van der Waals surface area contributed by atoms with Crippen molar-refractivity contribution >= 4 is 42.1 Å². The molecule has 1 aliphatic rings. The van der Waals surface area contributed by atoms with Gasteiger partial charge < -0.3 is 4.74 Å². The molecular formula is C13H24Cl2N4O2S. The Morgan fingerprint density at radius 3 is 2.77 bits per heavy atom. The van der Waals surface area contributed by atoms with Gasteiger partial charge in [0.15, 0.2) is 0 Å². The molecule has 0 aromatic carbocycles. The molecule has 1 fully saturated rings. The van der Waals surface area contributed by atoms with Crippen LogP contribution in [0.3, 0.4) is 0 Å².